The number of ether oxygens (including phenoxy) is 1. The maximum absolute atomic E-state index is 12.7. The number of nitrogens with one attached hydrogen (secondary N) is 3. The molecule has 0 saturated heterocycles. The van der Waals surface area contributed by atoms with E-state index < -0.39 is 23.1 Å². The Kier molecular flexibility index (Phi) is 3.92. The van der Waals surface area contributed by atoms with E-state index in [0.717, 1.165) is 16.3 Å². The number of aromatic nitrogens is 2. The molecule has 0 fully saturated rings. The Bertz CT molecular complexity index is 1210. The van der Waals surface area contributed by atoms with Crippen LogP contribution in [0.4, 0.5) is 5.82 Å². The van der Waals surface area contributed by atoms with Gasteiger partial charge in [0, 0.05) is 5.70 Å². The number of carbonyl (C=O) groups excluding carboxylic acids is 1. The predicted octanol–water partition coefficient (Wildman–Crippen LogP) is 2.22. The third kappa shape index (κ3) is 2.64. The number of allylic oxidation sites excluding steroid dienone is 1. The quantitative estimate of drug-likeness (QED) is 0.606. The molecule has 2 heterocycles. The summed E-state index contributed by atoms with van der Waals surface area (Å²) in [7, 11) is 1.30. The number of rotatable bonds is 2. The Morgan fingerprint density at radius 2 is 1.78 bits per heavy atom. The van der Waals surface area contributed by atoms with E-state index in [2.05, 4.69) is 15.3 Å². The van der Waals surface area contributed by atoms with Crippen molar-refractivity contribution in [1.29, 1.82) is 0 Å². The van der Waals surface area contributed by atoms with Crippen molar-refractivity contribution >= 4 is 22.6 Å². The summed E-state index contributed by atoms with van der Waals surface area (Å²) in [5, 5.41) is 4.86. The van der Waals surface area contributed by atoms with Crippen LogP contribution in [0.3, 0.4) is 0 Å². The highest BCUT2D eigenvalue weighted by Gasteiger charge is 2.36. The van der Waals surface area contributed by atoms with Gasteiger partial charge >= 0.3 is 11.7 Å². The Hall–Kier alpha value is -3.61. The van der Waals surface area contributed by atoms with E-state index in [1.165, 1.54) is 7.11 Å². The van der Waals surface area contributed by atoms with Gasteiger partial charge in [0.15, 0.2) is 0 Å². The molecule has 3 N–H and O–H groups in total. The average Bonchev–Trinajstić information content (AvgIpc) is 2.65. The topological polar surface area (TPSA) is 104 Å². The molecule has 0 amide bonds. The van der Waals surface area contributed by atoms with Crippen LogP contribution in [-0.2, 0) is 9.53 Å². The molecule has 7 heteroatoms. The molecule has 1 aromatic heterocycles. The maximum Gasteiger partial charge on any atom is 0.336 e. The molecule has 7 nitrogen and oxygen atoms in total. The summed E-state index contributed by atoms with van der Waals surface area (Å²) in [6.07, 6.45) is 0. The Morgan fingerprint density at radius 3 is 2.56 bits per heavy atom. The van der Waals surface area contributed by atoms with Crippen molar-refractivity contribution in [2.75, 3.05) is 12.4 Å². The maximum atomic E-state index is 12.7. The van der Waals surface area contributed by atoms with Gasteiger partial charge in [0.05, 0.1) is 24.2 Å². The third-order valence-corrected chi connectivity index (χ3v) is 4.81. The molecule has 0 aliphatic carbocycles. The van der Waals surface area contributed by atoms with Crippen LogP contribution in [0.5, 0.6) is 0 Å². The highest BCUT2D eigenvalue weighted by Crippen LogP contribution is 2.41. The van der Waals surface area contributed by atoms with E-state index in [4.69, 9.17) is 4.74 Å². The summed E-state index contributed by atoms with van der Waals surface area (Å²) in [6, 6.07) is 13.5. The zero-order chi connectivity index (χ0) is 19.1. The van der Waals surface area contributed by atoms with Gasteiger partial charge in [-0.05, 0) is 23.3 Å². The van der Waals surface area contributed by atoms with Crippen LogP contribution in [0.15, 0.2) is 63.3 Å². The molecular weight excluding hydrogens is 346 g/mol. The summed E-state index contributed by atoms with van der Waals surface area (Å²) in [5.41, 5.74) is 0.753. The first kappa shape index (κ1) is 16.8. The Balaban J connectivity index is 2.10. The minimum absolute atomic E-state index is 0.275. The molecule has 1 aliphatic heterocycles. The zero-order valence-corrected chi connectivity index (χ0v) is 14.8. The van der Waals surface area contributed by atoms with Crippen LogP contribution in [-0.4, -0.2) is 23.0 Å². The third-order valence-electron chi connectivity index (χ3n) is 4.81. The van der Waals surface area contributed by atoms with Gasteiger partial charge in [-0.2, -0.15) is 0 Å². The lowest BCUT2D eigenvalue weighted by Crippen LogP contribution is -2.34. The lowest BCUT2D eigenvalue weighted by molar-refractivity contribution is -0.136. The van der Waals surface area contributed by atoms with Gasteiger partial charge in [0.25, 0.3) is 5.56 Å². The second-order valence-corrected chi connectivity index (χ2v) is 6.35. The van der Waals surface area contributed by atoms with Crippen molar-refractivity contribution in [3.05, 3.63) is 85.7 Å². The van der Waals surface area contributed by atoms with Crippen molar-refractivity contribution in [3.63, 3.8) is 0 Å². The fraction of sp³-hybridized carbons (Fsp3) is 0.150. The first-order valence-corrected chi connectivity index (χ1v) is 8.41. The molecule has 1 atom stereocenters. The van der Waals surface area contributed by atoms with Crippen LogP contribution in [0.25, 0.3) is 10.8 Å². The monoisotopic (exact) mass is 363 g/mol. The largest absolute Gasteiger partial charge is 0.466 e. The summed E-state index contributed by atoms with van der Waals surface area (Å²) >= 11 is 0. The Morgan fingerprint density at radius 1 is 1.04 bits per heavy atom. The van der Waals surface area contributed by atoms with Gasteiger partial charge in [-0.1, -0.05) is 42.5 Å². The molecule has 0 radical (unpaired) electrons. The van der Waals surface area contributed by atoms with Crippen molar-refractivity contribution in [3.8, 4) is 0 Å². The van der Waals surface area contributed by atoms with Crippen LogP contribution in [0.2, 0.25) is 0 Å². The molecule has 136 valence electrons. The van der Waals surface area contributed by atoms with Gasteiger partial charge in [-0.25, -0.2) is 9.59 Å². The molecule has 0 saturated carbocycles. The second-order valence-electron chi connectivity index (χ2n) is 6.35. The molecule has 0 spiro atoms. The summed E-state index contributed by atoms with van der Waals surface area (Å²) < 4.78 is 4.98. The van der Waals surface area contributed by atoms with Crippen molar-refractivity contribution in [1.82, 2.24) is 9.97 Å². The van der Waals surface area contributed by atoms with Crippen molar-refractivity contribution in [2.24, 2.45) is 0 Å². The fourth-order valence-electron chi connectivity index (χ4n) is 3.68. The predicted molar refractivity (Wildman–Crippen MR) is 102 cm³/mol. The van der Waals surface area contributed by atoms with Crippen LogP contribution >= 0.6 is 0 Å². The lowest BCUT2D eigenvalue weighted by Gasteiger charge is -2.29. The van der Waals surface area contributed by atoms with Crippen molar-refractivity contribution < 1.29 is 9.53 Å². The molecule has 1 unspecified atom stereocenters. The number of hydrogen-bond acceptors (Lipinski definition) is 5. The number of anilines is 1. The summed E-state index contributed by atoms with van der Waals surface area (Å²) in [5.74, 6) is -0.929. The number of benzene rings is 2. The zero-order valence-electron chi connectivity index (χ0n) is 14.8. The van der Waals surface area contributed by atoms with Crippen molar-refractivity contribution in [2.45, 2.75) is 12.8 Å². The number of H-pyrrole nitrogens is 2. The normalized spacial score (nSPS) is 16.0. The molecule has 1 aliphatic rings. The van der Waals surface area contributed by atoms with Gasteiger partial charge < -0.3 is 10.1 Å². The molecule has 2 aromatic carbocycles. The smallest absolute Gasteiger partial charge is 0.336 e. The van der Waals surface area contributed by atoms with Gasteiger partial charge in [0.2, 0.25) is 0 Å². The fourth-order valence-corrected chi connectivity index (χ4v) is 3.68. The second kappa shape index (κ2) is 6.28. The minimum Gasteiger partial charge on any atom is -0.466 e. The van der Waals surface area contributed by atoms with E-state index in [1.54, 1.807) is 6.92 Å². The van der Waals surface area contributed by atoms with Gasteiger partial charge in [-0.3, -0.25) is 14.8 Å². The number of fused-ring (bicyclic) bond motifs is 2. The van der Waals surface area contributed by atoms with E-state index >= 15 is 0 Å². The molecular formula is C20H17N3O4. The molecule has 4 rings (SSSR count). The average molecular weight is 363 g/mol. The lowest BCUT2D eigenvalue weighted by atomic mass is 9.80. The van der Waals surface area contributed by atoms with E-state index in [9.17, 15) is 14.4 Å². The molecule has 27 heavy (non-hydrogen) atoms. The Labute approximate surface area is 153 Å². The van der Waals surface area contributed by atoms with E-state index in [-0.39, 0.29) is 11.4 Å². The summed E-state index contributed by atoms with van der Waals surface area (Å²) in [4.78, 5) is 41.9. The van der Waals surface area contributed by atoms with Crippen LogP contribution in [0, 0.1) is 0 Å². The molecule has 3 aromatic rings. The highest BCUT2D eigenvalue weighted by molar-refractivity contribution is 5.97. The SMILES string of the molecule is COC(=O)C1=C(C)Nc2[nH]c(=O)[nH]c(=O)c2C1c1cccc2ccccc12. The van der Waals surface area contributed by atoms with E-state index in [0.29, 0.717) is 11.3 Å². The summed E-state index contributed by atoms with van der Waals surface area (Å²) in [6.45, 7) is 1.72. The first-order chi connectivity index (χ1) is 13.0. The number of hydrogen-bond donors (Lipinski definition) is 3. The number of carbonyl (C=O) groups is 1. The number of esters is 1. The van der Waals surface area contributed by atoms with Crippen LogP contribution < -0.4 is 16.6 Å². The van der Waals surface area contributed by atoms with Gasteiger partial charge in [0.1, 0.15) is 5.82 Å². The highest BCUT2D eigenvalue weighted by atomic mass is 16.5. The minimum atomic E-state index is -0.680. The first-order valence-electron chi connectivity index (χ1n) is 8.41. The molecule has 0 bridgehead atoms. The van der Waals surface area contributed by atoms with Crippen LogP contribution in [0.1, 0.15) is 24.0 Å². The number of aromatic amines is 2. The van der Waals surface area contributed by atoms with Gasteiger partial charge in [-0.15, -0.1) is 0 Å². The van der Waals surface area contributed by atoms with E-state index in [1.807, 2.05) is 42.5 Å². The number of methoxy groups -OCH3 is 1. The standard InChI is InChI=1S/C20H17N3O4/c1-10-14(19(25)27-2)15(16-17(21-10)22-20(26)23-18(16)24)13-9-5-7-11-6-3-4-8-12(11)13/h3-9,15H,1-2H3,(H3,21,22,23,24,26).